The summed E-state index contributed by atoms with van der Waals surface area (Å²) in [5, 5.41) is 0. The van der Waals surface area contributed by atoms with Gasteiger partial charge in [-0.25, -0.2) is 8.78 Å². The van der Waals surface area contributed by atoms with Gasteiger partial charge in [-0.2, -0.15) is 13.2 Å². The molecule has 2 heterocycles. The van der Waals surface area contributed by atoms with Crippen LogP contribution in [0.5, 0.6) is 5.75 Å². The zero-order chi connectivity index (χ0) is 22.4. The summed E-state index contributed by atoms with van der Waals surface area (Å²) >= 11 is 0. The van der Waals surface area contributed by atoms with E-state index in [0.29, 0.717) is 32.8 Å². The van der Waals surface area contributed by atoms with Crippen LogP contribution in [-0.4, -0.2) is 45.5 Å². The fourth-order valence-electron chi connectivity index (χ4n) is 3.39. The summed E-state index contributed by atoms with van der Waals surface area (Å²) in [5.41, 5.74) is 0.0294. The molecule has 0 saturated carbocycles. The molecule has 0 amide bonds. The van der Waals surface area contributed by atoms with Crippen molar-refractivity contribution < 1.29 is 45.6 Å². The van der Waals surface area contributed by atoms with Gasteiger partial charge >= 0.3 is 6.18 Å². The molecule has 0 atom stereocenters. The van der Waals surface area contributed by atoms with Crippen LogP contribution in [0.3, 0.4) is 0 Å². The molecule has 3 rings (SSSR count). The van der Waals surface area contributed by atoms with Crippen molar-refractivity contribution in [1.82, 2.24) is 0 Å². The van der Waals surface area contributed by atoms with Gasteiger partial charge < -0.3 is 23.7 Å². The van der Waals surface area contributed by atoms with Crippen LogP contribution in [0.1, 0.15) is 31.6 Å². The van der Waals surface area contributed by atoms with Crippen molar-refractivity contribution in [1.29, 1.82) is 0 Å². The predicted molar refractivity (Wildman–Crippen MR) is 99.3 cm³/mol. The van der Waals surface area contributed by atoms with Crippen LogP contribution in [0, 0.1) is 23.5 Å². The zero-order valence-corrected chi connectivity index (χ0v) is 17.0. The predicted octanol–water partition coefficient (Wildman–Crippen LogP) is 4.91. The van der Waals surface area contributed by atoms with E-state index in [2.05, 4.69) is 4.74 Å². The van der Waals surface area contributed by atoms with Gasteiger partial charge in [0.2, 0.25) is 0 Å². The summed E-state index contributed by atoms with van der Waals surface area (Å²) in [6.45, 7) is 1.97. The smallest absolute Gasteiger partial charge is 0.422 e. The average Bonchev–Trinajstić information content (AvgIpc) is 2.72. The maximum absolute atomic E-state index is 14.0. The second kappa shape index (κ2) is 10.7. The number of ether oxygens (including phenoxy) is 5. The normalized spacial score (nSPS) is 27.5. The van der Waals surface area contributed by atoms with E-state index in [1.807, 2.05) is 19.1 Å². The van der Waals surface area contributed by atoms with Gasteiger partial charge in [-0.15, -0.1) is 0 Å². The van der Waals surface area contributed by atoms with Gasteiger partial charge in [-0.3, -0.25) is 0 Å². The monoisotopic (exact) mass is 452 g/mol. The van der Waals surface area contributed by atoms with Crippen LogP contribution in [0.15, 0.2) is 24.3 Å². The topological polar surface area (TPSA) is 46.2 Å². The molecule has 0 spiro atoms. The number of rotatable bonds is 7. The van der Waals surface area contributed by atoms with Crippen molar-refractivity contribution in [2.45, 2.75) is 38.5 Å². The molecule has 0 aromatic heterocycles. The Labute approximate surface area is 177 Å². The molecule has 0 aliphatic carbocycles. The molecule has 0 unspecified atom stereocenters. The molecule has 2 fully saturated rings. The van der Waals surface area contributed by atoms with Gasteiger partial charge in [-0.05, 0) is 31.9 Å². The first kappa shape index (κ1) is 23.9. The molecule has 31 heavy (non-hydrogen) atoms. The molecule has 2 aliphatic rings. The third-order valence-corrected chi connectivity index (χ3v) is 4.91. The lowest BCUT2D eigenvalue weighted by atomic mass is 10.0. The van der Waals surface area contributed by atoms with Gasteiger partial charge in [0, 0.05) is 17.4 Å². The first-order chi connectivity index (χ1) is 14.7. The minimum atomic E-state index is -4.70. The van der Waals surface area contributed by atoms with E-state index in [-0.39, 0.29) is 23.7 Å². The highest BCUT2D eigenvalue weighted by atomic mass is 19.4. The molecule has 0 N–H and O–H groups in total. The lowest BCUT2D eigenvalue weighted by Gasteiger charge is -2.32. The molecule has 0 radical (unpaired) electrons. The van der Waals surface area contributed by atoms with Crippen molar-refractivity contribution in [3.63, 3.8) is 0 Å². The Bertz CT molecular complexity index is 715. The lowest BCUT2D eigenvalue weighted by molar-refractivity contribution is -0.217. The number of alkyl halides is 3. The van der Waals surface area contributed by atoms with E-state index in [9.17, 15) is 22.0 Å². The minimum absolute atomic E-state index is 0.0294. The standard InChI is InChI=1S/C21H25F5O5/c1-2-3-13-8-27-18(28-9-13)5-4-14-10-29-20(30-11-14)15-6-16(22)19(17(23)7-15)31-12-21(24,25)26/h2-3,6-7,13-14,18,20H,4-5,8-12H2,1H3/b3-2-. The van der Waals surface area contributed by atoms with Crippen LogP contribution < -0.4 is 4.74 Å². The van der Waals surface area contributed by atoms with Gasteiger partial charge in [0.1, 0.15) is 0 Å². The van der Waals surface area contributed by atoms with Gasteiger partial charge in [0.15, 0.2) is 36.6 Å². The summed E-state index contributed by atoms with van der Waals surface area (Å²) < 4.78 is 91.4. The highest BCUT2D eigenvalue weighted by Crippen LogP contribution is 2.32. The number of allylic oxidation sites excluding steroid dienone is 1. The highest BCUT2D eigenvalue weighted by molar-refractivity contribution is 5.32. The Morgan fingerprint density at radius 3 is 2.13 bits per heavy atom. The Morgan fingerprint density at radius 2 is 1.58 bits per heavy atom. The van der Waals surface area contributed by atoms with E-state index in [1.54, 1.807) is 0 Å². The third-order valence-electron chi connectivity index (χ3n) is 4.91. The van der Waals surface area contributed by atoms with Crippen molar-refractivity contribution in [3.05, 3.63) is 41.5 Å². The van der Waals surface area contributed by atoms with Crippen molar-refractivity contribution in [3.8, 4) is 5.75 Å². The fourth-order valence-corrected chi connectivity index (χ4v) is 3.39. The van der Waals surface area contributed by atoms with Crippen molar-refractivity contribution in [2.24, 2.45) is 11.8 Å². The Morgan fingerprint density at radius 1 is 0.968 bits per heavy atom. The van der Waals surface area contributed by atoms with E-state index < -0.39 is 36.5 Å². The molecular weight excluding hydrogens is 427 g/mol. The largest absolute Gasteiger partial charge is 0.478 e. The molecule has 0 bridgehead atoms. The first-order valence-corrected chi connectivity index (χ1v) is 10.0. The maximum Gasteiger partial charge on any atom is 0.422 e. The SMILES string of the molecule is C/C=C\C1COC(CCC2COC(c3cc(F)c(OCC(F)(F)F)c(F)c3)OC2)OC1. The van der Waals surface area contributed by atoms with E-state index in [0.717, 1.165) is 18.6 Å². The van der Waals surface area contributed by atoms with Gasteiger partial charge in [-0.1, -0.05) is 12.2 Å². The Kier molecular flexibility index (Phi) is 8.26. The maximum atomic E-state index is 14.0. The van der Waals surface area contributed by atoms with Crippen LogP contribution in [0.25, 0.3) is 0 Å². The first-order valence-electron chi connectivity index (χ1n) is 10.0. The van der Waals surface area contributed by atoms with Crippen LogP contribution in [-0.2, 0) is 18.9 Å². The quantitative estimate of drug-likeness (QED) is 0.435. The van der Waals surface area contributed by atoms with Gasteiger partial charge in [0.05, 0.1) is 26.4 Å². The number of halogens is 5. The highest BCUT2D eigenvalue weighted by Gasteiger charge is 2.31. The Balaban J connectivity index is 1.45. The number of benzene rings is 1. The summed E-state index contributed by atoms with van der Waals surface area (Å²) in [6.07, 6.45) is -0.611. The lowest BCUT2D eigenvalue weighted by Crippen LogP contribution is -2.33. The summed E-state index contributed by atoms with van der Waals surface area (Å²) in [4.78, 5) is 0. The second-order valence-corrected chi connectivity index (χ2v) is 7.54. The summed E-state index contributed by atoms with van der Waals surface area (Å²) in [6, 6.07) is 1.70. The number of hydrogen-bond acceptors (Lipinski definition) is 5. The number of hydrogen-bond donors (Lipinski definition) is 0. The van der Waals surface area contributed by atoms with Crippen molar-refractivity contribution >= 4 is 0 Å². The van der Waals surface area contributed by atoms with Crippen LogP contribution in [0.4, 0.5) is 22.0 Å². The molecular formula is C21H25F5O5. The minimum Gasteiger partial charge on any atom is -0.478 e. The van der Waals surface area contributed by atoms with E-state index in [4.69, 9.17) is 18.9 Å². The van der Waals surface area contributed by atoms with Crippen LogP contribution >= 0.6 is 0 Å². The second-order valence-electron chi connectivity index (χ2n) is 7.54. The van der Waals surface area contributed by atoms with Crippen LogP contribution in [0.2, 0.25) is 0 Å². The fraction of sp³-hybridized carbons (Fsp3) is 0.619. The molecule has 1 aromatic carbocycles. The molecule has 2 aliphatic heterocycles. The zero-order valence-electron chi connectivity index (χ0n) is 17.0. The van der Waals surface area contributed by atoms with Gasteiger partial charge in [0.25, 0.3) is 0 Å². The summed E-state index contributed by atoms with van der Waals surface area (Å²) in [7, 11) is 0. The van der Waals surface area contributed by atoms with E-state index >= 15 is 0 Å². The molecule has 5 nitrogen and oxygen atoms in total. The van der Waals surface area contributed by atoms with E-state index in [1.165, 1.54) is 0 Å². The molecule has 1 aromatic rings. The average molecular weight is 452 g/mol. The molecule has 174 valence electrons. The molecule has 10 heteroatoms. The summed E-state index contributed by atoms with van der Waals surface area (Å²) in [5.74, 6) is -3.28. The third kappa shape index (κ3) is 7.13. The van der Waals surface area contributed by atoms with Crippen molar-refractivity contribution in [2.75, 3.05) is 33.0 Å². The molecule has 2 saturated heterocycles. The Hall–Kier alpha value is -1.75.